The van der Waals surface area contributed by atoms with Crippen molar-refractivity contribution in [3.05, 3.63) is 42.2 Å². The van der Waals surface area contributed by atoms with Gasteiger partial charge in [0.1, 0.15) is 30.8 Å². The van der Waals surface area contributed by atoms with Crippen LogP contribution in [-0.4, -0.2) is 38.4 Å². The third-order valence-corrected chi connectivity index (χ3v) is 3.73. The normalized spacial score (nSPS) is 12.4. The molecule has 6 heteroatoms. The smallest absolute Gasteiger partial charge is 0.323 e. The Kier molecular flexibility index (Phi) is 7.16. The molecule has 0 fully saturated rings. The van der Waals surface area contributed by atoms with Crippen LogP contribution in [0.2, 0.25) is 0 Å². The summed E-state index contributed by atoms with van der Waals surface area (Å²) in [6.07, 6.45) is 0. The maximum absolute atomic E-state index is 13.1. The molecule has 0 amide bonds. The number of nitrogens with two attached hydrogens (primary N) is 1. The van der Waals surface area contributed by atoms with Crippen LogP contribution in [0.5, 0.6) is 5.75 Å². The van der Waals surface area contributed by atoms with Crippen molar-refractivity contribution in [2.24, 2.45) is 11.7 Å². The zero-order chi connectivity index (χ0) is 18.2. The van der Waals surface area contributed by atoms with Gasteiger partial charge in [0, 0.05) is 0 Å². The number of hydrogen-bond acceptors (Lipinski definition) is 5. The number of rotatable bonds is 9. The molecule has 5 nitrogen and oxygen atoms in total. The van der Waals surface area contributed by atoms with Crippen molar-refractivity contribution in [1.82, 2.24) is 0 Å². The molecule has 0 spiro atoms. The van der Waals surface area contributed by atoms with Gasteiger partial charge >= 0.3 is 5.97 Å². The summed E-state index contributed by atoms with van der Waals surface area (Å²) < 4.78 is 29.1. The van der Waals surface area contributed by atoms with E-state index in [0.717, 1.165) is 10.8 Å². The molecular formula is C19H24FNO4. The highest BCUT2D eigenvalue weighted by Crippen LogP contribution is 2.21. The van der Waals surface area contributed by atoms with Crippen molar-refractivity contribution in [2.45, 2.75) is 19.9 Å². The predicted molar refractivity (Wildman–Crippen MR) is 94.0 cm³/mol. The third-order valence-electron chi connectivity index (χ3n) is 3.73. The maximum atomic E-state index is 13.1. The molecule has 1 unspecified atom stereocenters. The van der Waals surface area contributed by atoms with Gasteiger partial charge in [-0.3, -0.25) is 4.79 Å². The van der Waals surface area contributed by atoms with E-state index in [1.165, 1.54) is 12.1 Å². The van der Waals surface area contributed by atoms with Gasteiger partial charge in [-0.05, 0) is 41.0 Å². The molecule has 0 saturated heterocycles. The first-order chi connectivity index (χ1) is 12.0. The second-order valence-corrected chi connectivity index (χ2v) is 6.05. The molecule has 2 rings (SSSR count). The Morgan fingerprint density at radius 2 is 1.72 bits per heavy atom. The van der Waals surface area contributed by atoms with E-state index in [0.29, 0.717) is 19.0 Å². The minimum absolute atomic E-state index is 0.0419. The number of carbonyl (C=O) groups is 1. The Labute approximate surface area is 146 Å². The second kappa shape index (κ2) is 9.34. The number of esters is 1. The van der Waals surface area contributed by atoms with Crippen LogP contribution in [0.15, 0.2) is 36.4 Å². The summed E-state index contributed by atoms with van der Waals surface area (Å²) in [6.45, 7) is 4.92. The van der Waals surface area contributed by atoms with E-state index in [1.807, 2.05) is 26.0 Å². The summed E-state index contributed by atoms with van der Waals surface area (Å²) in [5.74, 6) is 0.0596. The van der Waals surface area contributed by atoms with Crippen LogP contribution >= 0.6 is 0 Å². The lowest BCUT2D eigenvalue weighted by Gasteiger charge is -2.14. The minimum atomic E-state index is -0.607. The summed E-state index contributed by atoms with van der Waals surface area (Å²) in [6, 6.07) is 9.46. The average Bonchev–Trinajstić information content (AvgIpc) is 2.59. The summed E-state index contributed by atoms with van der Waals surface area (Å²) in [5.41, 5.74) is 5.68. The van der Waals surface area contributed by atoms with Gasteiger partial charge in [0.2, 0.25) is 0 Å². The van der Waals surface area contributed by atoms with Crippen molar-refractivity contribution in [3.8, 4) is 5.75 Å². The Bertz CT molecular complexity index is 705. The lowest BCUT2D eigenvalue weighted by molar-refractivity contribution is -0.147. The molecule has 2 N–H and O–H groups in total. The highest BCUT2D eigenvalue weighted by molar-refractivity contribution is 5.83. The molecule has 0 aliphatic rings. The molecule has 0 heterocycles. The van der Waals surface area contributed by atoms with Crippen molar-refractivity contribution < 1.29 is 23.4 Å². The second-order valence-electron chi connectivity index (χ2n) is 6.05. The molecule has 136 valence electrons. The fourth-order valence-corrected chi connectivity index (χ4v) is 2.17. The Morgan fingerprint density at radius 1 is 1.04 bits per heavy atom. The van der Waals surface area contributed by atoms with E-state index in [9.17, 15) is 9.18 Å². The van der Waals surface area contributed by atoms with Gasteiger partial charge in [0.25, 0.3) is 0 Å². The summed E-state index contributed by atoms with van der Waals surface area (Å²) in [5, 5.41) is 1.73. The molecule has 0 saturated carbocycles. The number of fused-ring (bicyclic) bond motifs is 1. The molecule has 0 aromatic heterocycles. The Balaban J connectivity index is 1.63. The molecule has 0 aliphatic heterocycles. The van der Waals surface area contributed by atoms with Crippen LogP contribution in [0.25, 0.3) is 10.8 Å². The highest BCUT2D eigenvalue weighted by atomic mass is 19.1. The van der Waals surface area contributed by atoms with E-state index >= 15 is 0 Å². The van der Waals surface area contributed by atoms with Crippen molar-refractivity contribution >= 4 is 16.7 Å². The number of benzene rings is 2. The molecule has 2 aromatic rings. The van der Waals surface area contributed by atoms with Gasteiger partial charge in [-0.25, -0.2) is 4.39 Å². The predicted octanol–water partition coefficient (Wildman–Crippen LogP) is 2.90. The summed E-state index contributed by atoms with van der Waals surface area (Å²) in [4.78, 5) is 11.5. The summed E-state index contributed by atoms with van der Waals surface area (Å²) in [7, 11) is 0. The molecule has 0 radical (unpaired) electrons. The lowest BCUT2D eigenvalue weighted by Crippen LogP contribution is -2.37. The molecular weight excluding hydrogens is 325 g/mol. The van der Waals surface area contributed by atoms with Gasteiger partial charge in [0.15, 0.2) is 0 Å². The molecule has 1 atom stereocenters. The van der Waals surface area contributed by atoms with E-state index < -0.39 is 12.0 Å². The lowest BCUT2D eigenvalue weighted by atomic mass is 10.1. The monoisotopic (exact) mass is 349 g/mol. The van der Waals surface area contributed by atoms with E-state index in [-0.39, 0.29) is 24.9 Å². The number of carbonyl (C=O) groups excluding carboxylic acids is 1. The van der Waals surface area contributed by atoms with Crippen LogP contribution in [0.3, 0.4) is 0 Å². The molecule has 2 aromatic carbocycles. The van der Waals surface area contributed by atoms with Crippen LogP contribution in [0.1, 0.15) is 13.8 Å². The first-order valence-corrected chi connectivity index (χ1v) is 8.29. The number of hydrogen-bond donors (Lipinski definition) is 1. The largest absolute Gasteiger partial charge is 0.491 e. The first-order valence-electron chi connectivity index (χ1n) is 8.29. The van der Waals surface area contributed by atoms with Gasteiger partial charge in [-0.15, -0.1) is 0 Å². The van der Waals surface area contributed by atoms with Crippen molar-refractivity contribution in [2.75, 3.05) is 26.4 Å². The topological polar surface area (TPSA) is 70.8 Å². The quantitative estimate of drug-likeness (QED) is 0.557. The van der Waals surface area contributed by atoms with Crippen LogP contribution in [0, 0.1) is 11.7 Å². The Morgan fingerprint density at radius 3 is 2.48 bits per heavy atom. The van der Waals surface area contributed by atoms with Crippen LogP contribution in [0.4, 0.5) is 4.39 Å². The van der Waals surface area contributed by atoms with Crippen molar-refractivity contribution in [3.63, 3.8) is 0 Å². The van der Waals surface area contributed by atoms with Gasteiger partial charge < -0.3 is 19.9 Å². The fourth-order valence-electron chi connectivity index (χ4n) is 2.17. The number of ether oxygens (including phenoxy) is 3. The van der Waals surface area contributed by atoms with Gasteiger partial charge in [-0.1, -0.05) is 26.0 Å². The number of halogens is 1. The highest BCUT2D eigenvalue weighted by Gasteiger charge is 2.18. The molecule has 0 aliphatic carbocycles. The minimum Gasteiger partial charge on any atom is -0.491 e. The van der Waals surface area contributed by atoms with Crippen LogP contribution < -0.4 is 10.5 Å². The fraction of sp³-hybridized carbons (Fsp3) is 0.421. The van der Waals surface area contributed by atoms with E-state index in [4.69, 9.17) is 19.9 Å². The maximum Gasteiger partial charge on any atom is 0.323 e. The SMILES string of the molecule is CC(C)C(N)C(=O)OCCOCCOc1ccc2cc(F)ccc2c1. The molecule has 0 bridgehead atoms. The molecule has 25 heavy (non-hydrogen) atoms. The Hall–Kier alpha value is -2.18. The summed E-state index contributed by atoms with van der Waals surface area (Å²) >= 11 is 0. The van der Waals surface area contributed by atoms with E-state index in [2.05, 4.69) is 0 Å². The van der Waals surface area contributed by atoms with Crippen molar-refractivity contribution in [1.29, 1.82) is 0 Å². The third kappa shape index (κ3) is 5.99. The zero-order valence-corrected chi connectivity index (χ0v) is 14.5. The standard InChI is InChI=1S/C19H24FNO4/c1-13(2)18(21)19(22)25-10-8-23-7-9-24-17-6-4-14-11-16(20)5-3-15(14)12-17/h3-6,11-13,18H,7-10,21H2,1-2H3. The van der Waals surface area contributed by atoms with Gasteiger partial charge in [-0.2, -0.15) is 0 Å². The van der Waals surface area contributed by atoms with E-state index in [1.54, 1.807) is 12.1 Å². The van der Waals surface area contributed by atoms with Gasteiger partial charge in [0.05, 0.1) is 13.2 Å². The average molecular weight is 349 g/mol. The first kappa shape index (κ1) is 19.1. The van der Waals surface area contributed by atoms with Crippen LogP contribution in [-0.2, 0) is 14.3 Å². The zero-order valence-electron chi connectivity index (χ0n) is 14.5.